The van der Waals surface area contributed by atoms with Gasteiger partial charge in [0, 0.05) is 5.56 Å². The smallest absolute Gasteiger partial charge is 0.128 e. The third-order valence-corrected chi connectivity index (χ3v) is 2.38. The second kappa shape index (κ2) is 4.67. The largest absolute Gasteiger partial charge is 0.490 e. The first-order valence-electron chi connectivity index (χ1n) is 5.38. The van der Waals surface area contributed by atoms with Crippen LogP contribution in [0.2, 0.25) is 0 Å². The van der Waals surface area contributed by atoms with E-state index in [1.54, 1.807) is 6.92 Å². The lowest BCUT2D eigenvalue weighted by Gasteiger charge is -2.20. The summed E-state index contributed by atoms with van der Waals surface area (Å²) in [6.07, 6.45) is -0.360. The number of benzene rings is 1. The predicted octanol–water partition coefficient (Wildman–Crippen LogP) is 3.14. The van der Waals surface area contributed by atoms with Gasteiger partial charge in [0.05, 0.1) is 12.2 Å². The van der Waals surface area contributed by atoms with Crippen LogP contribution in [0.1, 0.15) is 43.6 Å². The zero-order chi connectivity index (χ0) is 11.6. The summed E-state index contributed by atoms with van der Waals surface area (Å²) < 4.78 is 5.76. The predicted molar refractivity (Wildman–Crippen MR) is 62.3 cm³/mol. The fourth-order valence-electron chi connectivity index (χ4n) is 1.72. The molecule has 0 bridgehead atoms. The van der Waals surface area contributed by atoms with E-state index in [2.05, 4.69) is 0 Å². The van der Waals surface area contributed by atoms with Crippen molar-refractivity contribution in [3.05, 3.63) is 28.8 Å². The lowest BCUT2D eigenvalue weighted by molar-refractivity contribution is 0.181. The molecule has 0 fully saturated rings. The van der Waals surface area contributed by atoms with E-state index < -0.39 is 6.10 Å². The van der Waals surface area contributed by atoms with E-state index in [9.17, 15) is 5.11 Å². The van der Waals surface area contributed by atoms with Gasteiger partial charge in [-0.3, -0.25) is 0 Å². The summed E-state index contributed by atoms with van der Waals surface area (Å²) in [6.45, 7) is 9.76. The minimum Gasteiger partial charge on any atom is -0.490 e. The Balaban J connectivity index is 3.25. The molecular weight excluding hydrogens is 188 g/mol. The Kier molecular flexibility index (Phi) is 3.75. The third kappa shape index (κ3) is 2.72. The maximum atomic E-state index is 9.74. The van der Waals surface area contributed by atoms with Gasteiger partial charge in [0.25, 0.3) is 0 Å². The van der Waals surface area contributed by atoms with Crippen LogP contribution in [-0.4, -0.2) is 11.2 Å². The standard InChI is InChI=1S/C13H20O2/c1-8(2)15-13-10(4)7-6-9(3)12(13)11(5)14/h6-8,11,14H,1-5H3. The van der Waals surface area contributed by atoms with E-state index in [1.165, 1.54) is 0 Å². The number of hydrogen-bond donors (Lipinski definition) is 1. The molecule has 1 aromatic rings. The van der Waals surface area contributed by atoms with Gasteiger partial charge in [-0.15, -0.1) is 0 Å². The molecular formula is C13H20O2. The molecule has 0 spiro atoms. The number of ether oxygens (including phenoxy) is 1. The molecule has 0 aliphatic rings. The molecule has 1 unspecified atom stereocenters. The van der Waals surface area contributed by atoms with Crippen LogP contribution in [-0.2, 0) is 0 Å². The molecule has 2 heteroatoms. The number of aliphatic hydroxyl groups excluding tert-OH is 1. The Bertz CT molecular complexity index is 341. The van der Waals surface area contributed by atoms with Crippen molar-refractivity contribution in [1.29, 1.82) is 0 Å². The molecule has 1 aromatic carbocycles. The highest BCUT2D eigenvalue weighted by Crippen LogP contribution is 2.32. The maximum absolute atomic E-state index is 9.74. The molecule has 0 radical (unpaired) electrons. The van der Waals surface area contributed by atoms with Gasteiger partial charge in [-0.1, -0.05) is 12.1 Å². The van der Waals surface area contributed by atoms with Crippen molar-refractivity contribution in [2.45, 2.75) is 46.8 Å². The van der Waals surface area contributed by atoms with E-state index in [1.807, 2.05) is 39.8 Å². The first-order valence-corrected chi connectivity index (χ1v) is 5.38. The molecule has 1 N–H and O–H groups in total. The Labute approximate surface area is 91.9 Å². The Morgan fingerprint density at radius 1 is 1.07 bits per heavy atom. The van der Waals surface area contributed by atoms with Gasteiger partial charge in [0.15, 0.2) is 0 Å². The summed E-state index contributed by atoms with van der Waals surface area (Å²) in [5.74, 6) is 0.833. The van der Waals surface area contributed by atoms with Crippen LogP contribution >= 0.6 is 0 Å². The molecule has 2 nitrogen and oxygen atoms in total. The van der Waals surface area contributed by atoms with E-state index in [-0.39, 0.29) is 6.10 Å². The van der Waals surface area contributed by atoms with Crippen molar-refractivity contribution in [3.63, 3.8) is 0 Å². The molecule has 0 aromatic heterocycles. The molecule has 15 heavy (non-hydrogen) atoms. The molecule has 0 heterocycles. The van der Waals surface area contributed by atoms with Crippen LogP contribution in [0.15, 0.2) is 12.1 Å². The molecule has 84 valence electrons. The Morgan fingerprint density at radius 3 is 2.07 bits per heavy atom. The molecule has 0 aliphatic carbocycles. The van der Waals surface area contributed by atoms with Crippen molar-refractivity contribution in [2.75, 3.05) is 0 Å². The summed E-state index contributed by atoms with van der Waals surface area (Å²) in [6, 6.07) is 4.05. The molecule has 0 amide bonds. The fraction of sp³-hybridized carbons (Fsp3) is 0.538. The first-order chi connectivity index (χ1) is 6.93. The van der Waals surface area contributed by atoms with Gasteiger partial charge < -0.3 is 9.84 Å². The molecule has 0 aliphatic heterocycles. The summed E-state index contributed by atoms with van der Waals surface area (Å²) in [7, 11) is 0. The van der Waals surface area contributed by atoms with Crippen molar-refractivity contribution in [2.24, 2.45) is 0 Å². The van der Waals surface area contributed by atoms with Gasteiger partial charge in [-0.05, 0) is 45.7 Å². The van der Waals surface area contributed by atoms with Gasteiger partial charge in [-0.25, -0.2) is 0 Å². The van der Waals surface area contributed by atoms with E-state index >= 15 is 0 Å². The minimum atomic E-state index is -0.487. The summed E-state index contributed by atoms with van der Waals surface area (Å²) in [5, 5.41) is 9.74. The fourth-order valence-corrected chi connectivity index (χ4v) is 1.72. The highest BCUT2D eigenvalue weighted by atomic mass is 16.5. The average molecular weight is 208 g/mol. The zero-order valence-electron chi connectivity index (χ0n) is 10.2. The van der Waals surface area contributed by atoms with Gasteiger partial charge >= 0.3 is 0 Å². The van der Waals surface area contributed by atoms with Crippen molar-refractivity contribution in [1.82, 2.24) is 0 Å². The second-order valence-corrected chi connectivity index (χ2v) is 4.28. The van der Waals surface area contributed by atoms with Crippen LogP contribution < -0.4 is 4.74 Å². The van der Waals surface area contributed by atoms with Crippen LogP contribution in [0.3, 0.4) is 0 Å². The first kappa shape index (κ1) is 12.1. The van der Waals surface area contributed by atoms with E-state index in [0.29, 0.717) is 0 Å². The minimum absolute atomic E-state index is 0.128. The maximum Gasteiger partial charge on any atom is 0.128 e. The third-order valence-electron chi connectivity index (χ3n) is 2.38. The summed E-state index contributed by atoms with van der Waals surface area (Å²) in [4.78, 5) is 0. The highest BCUT2D eigenvalue weighted by molar-refractivity contribution is 5.46. The molecule has 1 atom stereocenters. The van der Waals surface area contributed by atoms with Crippen LogP contribution in [0.5, 0.6) is 5.75 Å². The van der Waals surface area contributed by atoms with E-state index in [4.69, 9.17) is 4.74 Å². The SMILES string of the molecule is Cc1ccc(C)c(C(C)O)c1OC(C)C. The van der Waals surface area contributed by atoms with E-state index in [0.717, 1.165) is 22.4 Å². The summed E-state index contributed by atoms with van der Waals surface area (Å²) in [5.41, 5.74) is 3.06. The molecule has 0 saturated heterocycles. The van der Waals surface area contributed by atoms with Gasteiger partial charge in [0.2, 0.25) is 0 Å². The number of hydrogen-bond acceptors (Lipinski definition) is 2. The number of aliphatic hydroxyl groups is 1. The van der Waals surface area contributed by atoms with Gasteiger partial charge in [-0.2, -0.15) is 0 Å². The molecule has 0 saturated carbocycles. The lowest BCUT2D eigenvalue weighted by atomic mass is 10.00. The van der Waals surface area contributed by atoms with Gasteiger partial charge in [0.1, 0.15) is 5.75 Å². The quantitative estimate of drug-likeness (QED) is 0.826. The van der Waals surface area contributed by atoms with Crippen LogP contribution in [0, 0.1) is 13.8 Å². The summed E-state index contributed by atoms with van der Waals surface area (Å²) >= 11 is 0. The Hall–Kier alpha value is -1.02. The monoisotopic (exact) mass is 208 g/mol. The highest BCUT2D eigenvalue weighted by Gasteiger charge is 2.15. The normalized spacial score (nSPS) is 13.0. The number of rotatable bonds is 3. The molecule has 1 rings (SSSR count). The second-order valence-electron chi connectivity index (χ2n) is 4.28. The number of aryl methyl sites for hydroxylation is 2. The van der Waals surface area contributed by atoms with Crippen LogP contribution in [0.4, 0.5) is 0 Å². The van der Waals surface area contributed by atoms with Crippen molar-refractivity contribution >= 4 is 0 Å². The van der Waals surface area contributed by atoms with Crippen molar-refractivity contribution < 1.29 is 9.84 Å². The topological polar surface area (TPSA) is 29.5 Å². The Morgan fingerprint density at radius 2 is 1.60 bits per heavy atom. The zero-order valence-corrected chi connectivity index (χ0v) is 10.2. The van der Waals surface area contributed by atoms with Crippen molar-refractivity contribution in [3.8, 4) is 5.75 Å². The van der Waals surface area contributed by atoms with Crippen LogP contribution in [0.25, 0.3) is 0 Å². The lowest BCUT2D eigenvalue weighted by Crippen LogP contribution is -2.11. The average Bonchev–Trinajstić information content (AvgIpc) is 2.10.